The first-order chi connectivity index (χ1) is 10.5. The molecule has 5 heteroatoms. The minimum absolute atomic E-state index is 0.0940. The van der Waals surface area contributed by atoms with Gasteiger partial charge in [-0.05, 0) is 44.6 Å². The highest BCUT2D eigenvalue weighted by atomic mass is 16.5. The Bertz CT molecular complexity index is 543. The Hall–Kier alpha value is -1.33. The molecule has 2 aliphatic rings. The van der Waals surface area contributed by atoms with E-state index in [-0.39, 0.29) is 17.4 Å². The molecule has 1 aromatic heterocycles. The van der Waals surface area contributed by atoms with Gasteiger partial charge in [0.05, 0.1) is 24.9 Å². The molecule has 2 aliphatic heterocycles. The van der Waals surface area contributed by atoms with Crippen LogP contribution in [0.15, 0.2) is 10.5 Å². The van der Waals surface area contributed by atoms with Gasteiger partial charge in [-0.1, -0.05) is 0 Å². The van der Waals surface area contributed by atoms with E-state index in [1.54, 1.807) is 7.11 Å². The van der Waals surface area contributed by atoms with E-state index in [0.29, 0.717) is 17.9 Å². The van der Waals surface area contributed by atoms with Gasteiger partial charge in [0.1, 0.15) is 11.5 Å². The molecule has 2 fully saturated rings. The van der Waals surface area contributed by atoms with Gasteiger partial charge in [0.15, 0.2) is 0 Å². The molecule has 0 N–H and O–H groups in total. The number of furan rings is 1. The van der Waals surface area contributed by atoms with E-state index in [9.17, 15) is 4.79 Å². The van der Waals surface area contributed by atoms with Gasteiger partial charge < -0.3 is 18.8 Å². The lowest BCUT2D eigenvalue weighted by atomic mass is 9.76. The Balaban J connectivity index is 1.60. The molecular weight excluding hydrogens is 282 g/mol. The monoisotopic (exact) mass is 307 g/mol. The van der Waals surface area contributed by atoms with Crippen LogP contribution in [-0.4, -0.2) is 50.3 Å². The maximum absolute atomic E-state index is 12.6. The number of amides is 1. The maximum atomic E-state index is 12.6. The summed E-state index contributed by atoms with van der Waals surface area (Å²) in [6.45, 7) is 6.79. The van der Waals surface area contributed by atoms with Gasteiger partial charge >= 0.3 is 0 Å². The van der Waals surface area contributed by atoms with Crippen LogP contribution < -0.4 is 0 Å². The van der Waals surface area contributed by atoms with Gasteiger partial charge in [-0.25, -0.2) is 0 Å². The molecule has 0 aromatic carbocycles. The number of nitrogens with zero attached hydrogens (tertiary/aromatic N) is 1. The van der Waals surface area contributed by atoms with Gasteiger partial charge in [0.25, 0.3) is 5.91 Å². The summed E-state index contributed by atoms with van der Waals surface area (Å²) in [7, 11) is 1.71. The van der Waals surface area contributed by atoms with E-state index in [2.05, 4.69) is 0 Å². The van der Waals surface area contributed by atoms with E-state index in [1.165, 1.54) is 0 Å². The number of piperidine rings is 1. The molecule has 122 valence electrons. The number of carbonyl (C=O) groups excluding carboxylic acids is 1. The van der Waals surface area contributed by atoms with Gasteiger partial charge in [-0.15, -0.1) is 0 Å². The fraction of sp³-hybridized carbons (Fsp3) is 0.706. The first-order valence-electron chi connectivity index (χ1n) is 8.00. The topological polar surface area (TPSA) is 51.9 Å². The molecule has 0 bridgehead atoms. The Kier molecular flexibility index (Phi) is 4.28. The molecule has 0 saturated carbocycles. The second-order valence-electron chi connectivity index (χ2n) is 6.71. The van der Waals surface area contributed by atoms with Gasteiger partial charge in [0, 0.05) is 20.2 Å². The largest absolute Gasteiger partial charge is 0.466 e. The first-order valence-corrected chi connectivity index (χ1v) is 8.00. The summed E-state index contributed by atoms with van der Waals surface area (Å²) < 4.78 is 16.5. The molecule has 1 spiro atoms. The number of hydrogen-bond donors (Lipinski definition) is 0. The number of carbonyl (C=O) groups is 1. The molecule has 0 radical (unpaired) electrons. The van der Waals surface area contributed by atoms with Crippen molar-refractivity contribution in [1.82, 2.24) is 4.90 Å². The van der Waals surface area contributed by atoms with E-state index in [0.717, 1.165) is 44.7 Å². The smallest absolute Gasteiger partial charge is 0.257 e. The fourth-order valence-electron chi connectivity index (χ4n) is 3.73. The first kappa shape index (κ1) is 15.6. The number of rotatable bonds is 3. The molecule has 1 amide bonds. The van der Waals surface area contributed by atoms with Crippen molar-refractivity contribution in [1.29, 1.82) is 0 Å². The lowest BCUT2D eigenvalue weighted by Gasteiger charge is -2.38. The molecule has 22 heavy (non-hydrogen) atoms. The quantitative estimate of drug-likeness (QED) is 0.861. The molecule has 0 aliphatic carbocycles. The molecule has 1 aromatic rings. The van der Waals surface area contributed by atoms with Crippen molar-refractivity contribution in [2.75, 3.05) is 33.4 Å². The summed E-state index contributed by atoms with van der Waals surface area (Å²) in [4.78, 5) is 14.6. The summed E-state index contributed by atoms with van der Waals surface area (Å²) in [6, 6.07) is 1.84. The Morgan fingerprint density at radius 2 is 2.14 bits per heavy atom. The number of methoxy groups -OCH3 is 1. The number of likely N-dealkylation sites (tertiary alicyclic amines) is 1. The van der Waals surface area contributed by atoms with Crippen LogP contribution in [0.4, 0.5) is 0 Å². The number of ether oxygens (including phenoxy) is 2. The van der Waals surface area contributed by atoms with E-state index >= 15 is 0 Å². The summed E-state index contributed by atoms with van der Waals surface area (Å²) >= 11 is 0. The van der Waals surface area contributed by atoms with Crippen LogP contribution in [0, 0.1) is 19.3 Å². The number of hydrogen-bond acceptors (Lipinski definition) is 4. The Morgan fingerprint density at radius 1 is 1.41 bits per heavy atom. The van der Waals surface area contributed by atoms with Crippen molar-refractivity contribution in [2.24, 2.45) is 5.41 Å². The van der Waals surface area contributed by atoms with Crippen molar-refractivity contribution in [2.45, 2.75) is 39.2 Å². The summed E-state index contributed by atoms with van der Waals surface area (Å²) in [5, 5.41) is 0. The van der Waals surface area contributed by atoms with Crippen molar-refractivity contribution in [3.05, 3.63) is 23.2 Å². The minimum atomic E-state index is 0.0940. The van der Waals surface area contributed by atoms with Crippen LogP contribution in [-0.2, 0) is 9.47 Å². The highest BCUT2D eigenvalue weighted by Crippen LogP contribution is 2.42. The van der Waals surface area contributed by atoms with Crippen molar-refractivity contribution in [3.63, 3.8) is 0 Å². The lowest BCUT2D eigenvalue weighted by Crippen LogP contribution is -2.43. The lowest BCUT2D eigenvalue weighted by molar-refractivity contribution is 0.0280. The van der Waals surface area contributed by atoms with Crippen LogP contribution in [0.5, 0.6) is 0 Å². The van der Waals surface area contributed by atoms with Gasteiger partial charge in [-0.3, -0.25) is 4.79 Å². The van der Waals surface area contributed by atoms with E-state index < -0.39 is 0 Å². The van der Waals surface area contributed by atoms with Gasteiger partial charge in [-0.2, -0.15) is 0 Å². The molecule has 3 heterocycles. The zero-order valence-corrected chi connectivity index (χ0v) is 13.7. The molecular formula is C17H25NO4. The average molecular weight is 307 g/mol. The maximum Gasteiger partial charge on any atom is 0.257 e. The summed E-state index contributed by atoms with van der Waals surface area (Å²) in [6.07, 6.45) is 3.28. The Labute approximate surface area is 131 Å². The van der Waals surface area contributed by atoms with Crippen molar-refractivity contribution >= 4 is 5.91 Å². The van der Waals surface area contributed by atoms with E-state index in [1.807, 2.05) is 24.8 Å². The summed E-state index contributed by atoms with van der Waals surface area (Å²) in [5.41, 5.74) is 0.940. The summed E-state index contributed by atoms with van der Waals surface area (Å²) in [5.74, 6) is 1.60. The van der Waals surface area contributed by atoms with Crippen LogP contribution in [0.1, 0.15) is 41.1 Å². The zero-order chi connectivity index (χ0) is 15.7. The highest BCUT2D eigenvalue weighted by Gasteiger charge is 2.43. The van der Waals surface area contributed by atoms with Gasteiger partial charge in [0.2, 0.25) is 0 Å². The zero-order valence-electron chi connectivity index (χ0n) is 13.7. The molecule has 5 nitrogen and oxygen atoms in total. The van der Waals surface area contributed by atoms with Crippen LogP contribution >= 0.6 is 0 Å². The van der Waals surface area contributed by atoms with Crippen LogP contribution in [0.3, 0.4) is 0 Å². The van der Waals surface area contributed by atoms with Crippen LogP contribution in [0.2, 0.25) is 0 Å². The minimum Gasteiger partial charge on any atom is -0.466 e. The predicted molar refractivity (Wildman–Crippen MR) is 82.0 cm³/mol. The third kappa shape index (κ3) is 2.92. The normalized spacial score (nSPS) is 24.1. The van der Waals surface area contributed by atoms with Crippen molar-refractivity contribution in [3.8, 4) is 0 Å². The molecule has 0 unspecified atom stereocenters. The molecule has 1 atom stereocenters. The number of aryl methyl sites for hydroxylation is 2. The SMILES string of the molecule is COC[C@@H]1CC2(CCN(C(=O)c3cc(C)oc3C)CC2)CO1. The standard InChI is InChI=1S/C17H25NO4/c1-12-8-15(13(2)22-12)16(19)18-6-4-17(5-7-18)9-14(10-20-3)21-11-17/h8,14H,4-7,9-11H2,1-3H3/t14-/m0/s1. The predicted octanol–water partition coefficient (Wildman–Crippen LogP) is 2.55. The van der Waals surface area contributed by atoms with E-state index in [4.69, 9.17) is 13.9 Å². The molecule has 3 rings (SSSR count). The highest BCUT2D eigenvalue weighted by molar-refractivity contribution is 5.95. The third-order valence-corrected chi connectivity index (χ3v) is 5.02. The second-order valence-corrected chi connectivity index (χ2v) is 6.71. The second kappa shape index (κ2) is 6.05. The van der Waals surface area contributed by atoms with Crippen molar-refractivity contribution < 1.29 is 18.7 Å². The fourth-order valence-corrected chi connectivity index (χ4v) is 3.73. The van der Waals surface area contributed by atoms with Crippen LogP contribution in [0.25, 0.3) is 0 Å². The average Bonchev–Trinajstić information content (AvgIpc) is 3.03. The Morgan fingerprint density at radius 3 is 2.73 bits per heavy atom. The third-order valence-electron chi connectivity index (χ3n) is 5.02. The molecule has 2 saturated heterocycles.